The zero-order valence-corrected chi connectivity index (χ0v) is 68.7. The summed E-state index contributed by atoms with van der Waals surface area (Å²) in [6.07, 6.45) is 0. The Hall–Kier alpha value is -14.4. The predicted octanol–water partition coefficient (Wildman–Crippen LogP) is 26.6. The van der Waals surface area contributed by atoms with Crippen LogP contribution in [0, 0.1) is 0 Å². The Morgan fingerprint density at radius 1 is 0.238 bits per heavy atom. The maximum absolute atomic E-state index is 6.74. The third-order valence-corrected chi connectivity index (χ3v) is 26.4. The second-order valence-corrected chi connectivity index (χ2v) is 33.7. The molecule has 0 radical (unpaired) electrons. The maximum atomic E-state index is 6.74. The van der Waals surface area contributed by atoms with Crippen molar-refractivity contribution in [3.05, 3.63) is 425 Å². The summed E-state index contributed by atoms with van der Waals surface area (Å²) in [6.45, 7) is 8.23. The molecule has 16 aromatic carbocycles. The predicted molar refractivity (Wildman–Crippen MR) is 495 cm³/mol. The summed E-state index contributed by atoms with van der Waals surface area (Å²) in [5.41, 5.74) is 31.3. The molecule has 5 heterocycles. The van der Waals surface area contributed by atoms with Gasteiger partial charge in [-0.05, 0) is 141 Å². The lowest BCUT2D eigenvalue weighted by molar-refractivity contribution is 0.00578. The molecule has 0 bridgehead atoms. The molecule has 0 saturated carbocycles. The quantitative estimate of drug-likeness (QED) is 0.136. The number of fused-ring (bicyclic) bond motifs is 28. The highest BCUT2D eigenvalue weighted by molar-refractivity contribution is 9.10. The molecule has 122 heavy (non-hydrogen) atoms. The van der Waals surface area contributed by atoms with E-state index in [0.717, 1.165) is 82.0 Å². The van der Waals surface area contributed by atoms with Crippen LogP contribution in [0.3, 0.4) is 0 Å². The number of hydrogen-bond donors (Lipinski definition) is 0. The van der Waals surface area contributed by atoms with Crippen LogP contribution < -0.4 is 5.46 Å². The molecule has 2 atom stereocenters. The van der Waals surface area contributed by atoms with Crippen LogP contribution in [0.2, 0.25) is 0 Å². The fourth-order valence-corrected chi connectivity index (χ4v) is 20.2. The van der Waals surface area contributed by atoms with E-state index in [1.54, 1.807) is 0 Å². The van der Waals surface area contributed by atoms with Crippen molar-refractivity contribution in [2.24, 2.45) is 0 Å². The molecule has 12 heteroatoms. The van der Waals surface area contributed by atoms with Gasteiger partial charge in [0.1, 0.15) is 22.3 Å². The molecule has 5 aliphatic rings. The number of nitrogens with zero attached hydrogens (tertiary/aromatic N) is 6. The van der Waals surface area contributed by atoms with E-state index >= 15 is 0 Å². The van der Waals surface area contributed by atoms with Gasteiger partial charge in [0.2, 0.25) is 0 Å². The lowest BCUT2D eigenvalue weighted by Gasteiger charge is -2.32. The van der Waals surface area contributed by atoms with Crippen LogP contribution in [0.25, 0.3) is 168 Å². The van der Waals surface area contributed by atoms with E-state index in [1.165, 1.54) is 105 Å². The Labute approximate surface area is 714 Å². The van der Waals surface area contributed by atoms with Gasteiger partial charge in [0.05, 0.1) is 22.0 Å². The SMILES string of the molecule is Brc1cccc2c1-c1ccccc1C21c2ccccc2-c2c1ccc1c2oc2ccccc21.CC1(C)OB(c2cccc(-c3nc(-c4ccccc4)nc(-c4ccccc4)n3)c2)OC1(C)C.c1ccc(-c2nc(-c3ccccc3)nc(-c3cccc(-c4cccc5c4-c4ccccc4C54c5ccccc5-c5c4ccc4c5oc5ccccc54)c3)n2)cc1. The van der Waals surface area contributed by atoms with Gasteiger partial charge >= 0.3 is 7.12 Å². The average molecular weight is 1630 g/mol. The topological polar surface area (TPSA) is 122 Å². The molecule has 10 nitrogen and oxygen atoms in total. The smallest absolute Gasteiger partial charge is 0.455 e. The standard InChI is InChI=1S/C52H31N3O.C31H17BrO.C27H26BN3O2/c1-3-15-32(16-4-1)49-53-50(33-17-5-2-6-18-33)55-51(54-49)35-20-13-19-34(31-35)36-24-14-27-43-46(36)39-22-7-10-25-41(39)52(43)42-26-11-8-23-40(42)47-44(52)30-29-38-37-21-9-12-28-45(37)56-48(38)47;32-26-14-7-13-24-28(26)20-9-1-4-11-22(20)31(24)23-12-5-2-10-21(23)29-25(31)17-16-19-18-8-3-6-15-27(18)33-30(19)29;1-26(2)27(3,4)33-28(32-26)22-17-11-16-21(18-22)25-30-23(19-12-7-5-8-13-19)29-24(31-25)20-14-9-6-10-15-20/h1-31H;1-17H;5-18H,1-4H3. The second-order valence-electron chi connectivity index (χ2n) is 32.9. The lowest BCUT2D eigenvalue weighted by atomic mass is 9.70. The minimum absolute atomic E-state index is 0.352. The van der Waals surface area contributed by atoms with Crippen molar-refractivity contribution in [2.45, 2.75) is 49.7 Å². The highest BCUT2D eigenvalue weighted by atomic mass is 79.9. The third kappa shape index (κ3) is 11.2. The van der Waals surface area contributed by atoms with Gasteiger partial charge in [-0.25, -0.2) is 29.9 Å². The molecular formula is C110H74BBrN6O4. The van der Waals surface area contributed by atoms with Crippen LogP contribution in [0.15, 0.2) is 389 Å². The van der Waals surface area contributed by atoms with Gasteiger partial charge < -0.3 is 18.1 Å². The first-order chi connectivity index (χ1) is 59.9. The van der Waals surface area contributed by atoms with Crippen molar-refractivity contribution in [1.29, 1.82) is 0 Å². The number of aromatic nitrogens is 6. The number of hydrogen-bond acceptors (Lipinski definition) is 10. The monoisotopic (exact) mass is 1630 g/mol. The minimum Gasteiger partial charge on any atom is -0.455 e. The lowest BCUT2D eigenvalue weighted by Crippen LogP contribution is -2.41. The molecule has 4 aliphatic carbocycles. The van der Waals surface area contributed by atoms with Crippen molar-refractivity contribution < 1.29 is 18.1 Å². The van der Waals surface area contributed by atoms with Crippen LogP contribution in [-0.2, 0) is 20.1 Å². The summed E-state index contributed by atoms with van der Waals surface area (Å²) in [7, 11) is -0.445. The van der Waals surface area contributed by atoms with Crippen molar-refractivity contribution in [3.63, 3.8) is 0 Å². The summed E-state index contributed by atoms with van der Waals surface area (Å²) in [5, 5.41) is 4.64. The highest BCUT2D eigenvalue weighted by Crippen LogP contribution is 2.67. The van der Waals surface area contributed by atoms with Gasteiger partial charge in [-0.3, -0.25) is 0 Å². The van der Waals surface area contributed by atoms with E-state index in [9.17, 15) is 0 Å². The second kappa shape index (κ2) is 28.4. The van der Waals surface area contributed by atoms with Crippen molar-refractivity contribution in [2.75, 3.05) is 0 Å². The first-order valence-electron chi connectivity index (χ1n) is 41.4. The van der Waals surface area contributed by atoms with Crippen LogP contribution >= 0.6 is 15.9 Å². The molecular weight excluding hydrogens is 1560 g/mol. The van der Waals surface area contributed by atoms with Crippen LogP contribution in [-0.4, -0.2) is 48.2 Å². The van der Waals surface area contributed by atoms with E-state index in [4.69, 9.17) is 48.0 Å². The van der Waals surface area contributed by atoms with Crippen molar-refractivity contribution in [3.8, 4) is 124 Å². The zero-order chi connectivity index (χ0) is 81.6. The number of rotatable bonds is 8. The molecule has 578 valence electrons. The first-order valence-corrected chi connectivity index (χ1v) is 42.2. The number of para-hydroxylation sites is 2. The summed E-state index contributed by atoms with van der Waals surface area (Å²) in [5.74, 6) is 3.82. The fraction of sp³-hybridized carbons (Fsp3) is 0.0727. The summed E-state index contributed by atoms with van der Waals surface area (Å²) < 4.78 is 26.9. The molecule has 25 rings (SSSR count). The van der Waals surface area contributed by atoms with Gasteiger partial charge in [-0.2, -0.15) is 0 Å². The van der Waals surface area contributed by atoms with E-state index in [-0.39, 0.29) is 5.41 Å². The van der Waals surface area contributed by atoms with Crippen molar-refractivity contribution >= 4 is 72.4 Å². The Bertz CT molecular complexity index is 7510. The maximum Gasteiger partial charge on any atom is 0.494 e. The van der Waals surface area contributed by atoms with Crippen LogP contribution in [0.5, 0.6) is 0 Å². The summed E-state index contributed by atoms with van der Waals surface area (Å²) in [6, 6.07) is 132. The molecule has 1 fully saturated rings. The van der Waals surface area contributed by atoms with Crippen LogP contribution in [0.4, 0.5) is 0 Å². The molecule has 1 saturated heterocycles. The Kier molecular flexibility index (Phi) is 16.9. The molecule has 2 spiro atoms. The number of benzene rings is 16. The fourth-order valence-electron chi connectivity index (χ4n) is 19.6. The summed E-state index contributed by atoms with van der Waals surface area (Å²) in [4.78, 5) is 29.5. The van der Waals surface area contributed by atoms with Gasteiger partial charge in [0.15, 0.2) is 34.9 Å². The largest absolute Gasteiger partial charge is 0.494 e. The molecule has 1 aliphatic heterocycles. The van der Waals surface area contributed by atoms with Gasteiger partial charge in [-0.1, -0.05) is 368 Å². The van der Waals surface area contributed by atoms with Gasteiger partial charge in [0, 0.05) is 76.1 Å². The highest BCUT2D eigenvalue weighted by Gasteiger charge is 2.56. The normalized spacial score (nSPS) is 16.0. The minimum atomic E-state index is -0.512. The Morgan fingerprint density at radius 2 is 0.541 bits per heavy atom. The van der Waals surface area contributed by atoms with Crippen LogP contribution in [0.1, 0.15) is 72.2 Å². The molecule has 4 aromatic heterocycles. The zero-order valence-electron chi connectivity index (χ0n) is 67.1. The van der Waals surface area contributed by atoms with Crippen molar-refractivity contribution in [1.82, 2.24) is 29.9 Å². The van der Waals surface area contributed by atoms with Gasteiger partial charge in [-0.15, -0.1) is 0 Å². The Morgan fingerprint density at radius 3 is 0.984 bits per heavy atom. The molecule has 0 N–H and O–H groups in total. The molecule has 20 aromatic rings. The number of halogens is 1. The van der Waals surface area contributed by atoms with Gasteiger partial charge in [0.25, 0.3) is 0 Å². The number of furan rings is 2. The average Bonchev–Trinajstić information content (AvgIpc) is 1.50. The third-order valence-electron chi connectivity index (χ3n) is 25.7. The van der Waals surface area contributed by atoms with E-state index in [0.29, 0.717) is 34.9 Å². The molecule has 2 unspecified atom stereocenters. The van der Waals surface area contributed by atoms with E-state index < -0.39 is 23.7 Å². The first kappa shape index (κ1) is 72.8. The van der Waals surface area contributed by atoms with E-state index in [2.05, 4.69) is 262 Å². The van der Waals surface area contributed by atoms with E-state index in [1.807, 2.05) is 158 Å². The summed E-state index contributed by atoms with van der Waals surface area (Å²) >= 11 is 3.87. The molecule has 0 amide bonds. The Balaban J connectivity index is 0.000000113.